The van der Waals surface area contributed by atoms with E-state index in [0.717, 1.165) is 44.0 Å². The van der Waals surface area contributed by atoms with E-state index in [4.69, 9.17) is 0 Å². The number of alkyl halides is 1. The maximum absolute atomic E-state index is 12.4. The van der Waals surface area contributed by atoms with Crippen LogP contribution < -0.4 is 4.90 Å². The van der Waals surface area contributed by atoms with Crippen molar-refractivity contribution in [1.29, 1.82) is 0 Å². The monoisotopic (exact) mass is 348 g/mol. The van der Waals surface area contributed by atoms with E-state index in [-0.39, 0.29) is 6.04 Å². The van der Waals surface area contributed by atoms with Gasteiger partial charge in [-0.05, 0) is 32.8 Å². The second kappa shape index (κ2) is 8.87. The van der Waals surface area contributed by atoms with Crippen molar-refractivity contribution in [2.45, 2.75) is 46.6 Å². The summed E-state index contributed by atoms with van der Waals surface area (Å²) in [5.41, 5.74) is 3.54. The molecule has 1 fully saturated rings. The van der Waals surface area contributed by atoms with Crippen molar-refractivity contribution in [2.24, 2.45) is 9.98 Å². The van der Waals surface area contributed by atoms with Crippen LogP contribution in [0.3, 0.4) is 0 Å². The number of anilines is 1. The topological polar surface area (TPSA) is 57.0 Å². The predicted octanol–water partition coefficient (Wildman–Crippen LogP) is 2.58. The average Bonchev–Trinajstić information content (AvgIpc) is 2.61. The fraction of sp³-hybridized carbons (Fsp3) is 0.667. The zero-order valence-corrected chi connectivity index (χ0v) is 16.0. The number of hydrogen-bond acceptors (Lipinski definition) is 4. The van der Waals surface area contributed by atoms with Gasteiger partial charge in [-0.25, -0.2) is 9.38 Å². The molecule has 0 radical (unpaired) electrons. The minimum absolute atomic E-state index is 0.210. The van der Waals surface area contributed by atoms with Crippen molar-refractivity contribution in [2.75, 3.05) is 38.3 Å². The summed E-state index contributed by atoms with van der Waals surface area (Å²) in [6, 6.07) is 0.210. The van der Waals surface area contributed by atoms with E-state index >= 15 is 0 Å². The second-order valence-corrected chi connectivity index (χ2v) is 6.44. The van der Waals surface area contributed by atoms with Crippen molar-refractivity contribution in [3.63, 3.8) is 0 Å². The molecule has 1 atom stereocenters. The summed E-state index contributed by atoms with van der Waals surface area (Å²) in [4.78, 5) is 12.8. The van der Waals surface area contributed by atoms with Gasteiger partial charge in [-0.2, -0.15) is 5.10 Å². The summed E-state index contributed by atoms with van der Waals surface area (Å²) in [5.74, 6) is 1.59. The van der Waals surface area contributed by atoms with Gasteiger partial charge in [0.1, 0.15) is 6.67 Å². The Balaban J connectivity index is 2.21. The SMILES string of the molecule is CCCc1c(N2CCN(C(=N/C)/N=C/CF)[C@H](C)C2)nnc(C)c1C. The van der Waals surface area contributed by atoms with Crippen LogP contribution in [0.2, 0.25) is 0 Å². The molecule has 0 spiro atoms. The van der Waals surface area contributed by atoms with Gasteiger partial charge in [0.2, 0.25) is 5.96 Å². The number of aliphatic imine (C=N–C) groups is 2. The highest BCUT2D eigenvalue weighted by molar-refractivity contribution is 5.88. The van der Waals surface area contributed by atoms with E-state index in [0.29, 0.717) is 5.96 Å². The highest BCUT2D eigenvalue weighted by Gasteiger charge is 2.28. The van der Waals surface area contributed by atoms with Gasteiger partial charge in [0.25, 0.3) is 0 Å². The Morgan fingerprint density at radius 1 is 1.32 bits per heavy atom. The number of halogens is 1. The van der Waals surface area contributed by atoms with Gasteiger partial charge >= 0.3 is 0 Å². The molecule has 25 heavy (non-hydrogen) atoms. The zero-order chi connectivity index (χ0) is 18.4. The summed E-state index contributed by atoms with van der Waals surface area (Å²) in [6.07, 6.45) is 3.35. The van der Waals surface area contributed by atoms with Crippen LogP contribution in [-0.2, 0) is 6.42 Å². The van der Waals surface area contributed by atoms with Crippen LogP contribution in [-0.4, -0.2) is 66.7 Å². The third-order valence-electron chi connectivity index (χ3n) is 4.72. The van der Waals surface area contributed by atoms with Crippen molar-refractivity contribution in [1.82, 2.24) is 15.1 Å². The van der Waals surface area contributed by atoms with E-state index in [1.54, 1.807) is 7.05 Å². The number of rotatable bonds is 4. The summed E-state index contributed by atoms with van der Waals surface area (Å²) >= 11 is 0. The Bertz CT molecular complexity index is 643. The summed E-state index contributed by atoms with van der Waals surface area (Å²) in [7, 11) is 1.69. The molecule has 138 valence electrons. The number of aryl methyl sites for hydroxylation is 1. The van der Waals surface area contributed by atoms with E-state index in [1.807, 2.05) is 6.92 Å². The molecule has 0 unspecified atom stereocenters. The first kappa shape index (κ1) is 19.3. The van der Waals surface area contributed by atoms with Gasteiger partial charge in [-0.3, -0.25) is 4.99 Å². The summed E-state index contributed by atoms with van der Waals surface area (Å²) in [5, 5.41) is 8.84. The molecule has 2 heterocycles. The molecule has 0 saturated carbocycles. The Hall–Kier alpha value is -2.05. The summed E-state index contributed by atoms with van der Waals surface area (Å²) < 4.78 is 12.4. The van der Waals surface area contributed by atoms with Gasteiger partial charge in [0.05, 0.1) is 5.69 Å². The predicted molar refractivity (Wildman–Crippen MR) is 102 cm³/mol. The molecule has 0 aliphatic carbocycles. The second-order valence-electron chi connectivity index (χ2n) is 6.44. The van der Waals surface area contributed by atoms with Crippen molar-refractivity contribution in [3.05, 3.63) is 16.8 Å². The Kier molecular flexibility index (Phi) is 6.84. The molecule has 1 aromatic rings. The van der Waals surface area contributed by atoms with Crippen LogP contribution >= 0.6 is 0 Å². The standard InChI is InChI=1S/C18H29FN6/c1-6-7-16-14(3)15(4)22-23-17(16)24-10-11-25(13(2)12-24)18(20-5)21-9-8-19/h9,13H,6-8,10-12H2,1-5H3/b20-18+,21-9+/t13-/m1/s1. The van der Waals surface area contributed by atoms with E-state index in [2.05, 4.69) is 50.8 Å². The molecule has 7 heteroatoms. The molecule has 1 saturated heterocycles. The van der Waals surface area contributed by atoms with Crippen LogP contribution in [0, 0.1) is 13.8 Å². The minimum Gasteiger partial charge on any atom is -0.351 e. The molecule has 0 aromatic carbocycles. The molecule has 6 nitrogen and oxygen atoms in total. The fourth-order valence-electron chi connectivity index (χ4n) is 3.27. The molecule has 2 rings (SSSR count). The number of guanidine groups is 1. The van der Waals surface area contributed by atoms with Crippen LogP contribution in [0.15, 0.2) is 9.98 Å². The van der Waals surface area contributed by atoms with E-state index in [9.17, 15) is 4.39 Å². The lowest BCUT2D eigenvalue weighted by molar-refractivity contribution is 0.293. The first-order valence-electron chi connectivity index (χ1n) is 8.93. The van der Waals surface area contributed by atoms with Crippen molar-refractivity contribution >= 4 is 18.0 Å². The van der Waals surface area contributed by atoms with Gasteiger partial charge in [-0.15, -0.1) is 5.10 Å². The quantitative estimate of drug-likeness (QED) is 0.620. The highest BCUT2D eigenvalue weighted by Crippen LogP contribution is 2.26. The lowest BCUT2D eigenvalue weighted by Crippen LogP contribution is -2.54. The number of hydrogen-bond donors (Lipinski definition) is 0. The molecule has 1 aliphatic rings. The van der Waals surface area contributed by atoms with Gasteiger partial charge in [0.15, 0.2) is 5.82 Å². The highest BCUT2D eigenvalue weighted by atomic mass is 19.1. The first-order chi connectivity index (χ1) is 12.0. The zero-order valence-electron chi connectivity index (χ0n) is 16.0. The van der Waals surface area contributed by atoms with Crippen LogP contribution in [0.25, 0.3) is 0 Å². The molecule has 1 aliphatic heterocycles. The third kappa shape index (κ3) is 4.32. The number of piperazine rings is 1. The summed E-state index contributed by atoms with van der Waals surface area (Å²) in [6.45, 7) is 10.3. The largest absolute Gasteiger partial charge is 0.351 e. The van der Waals surface area contributed by atoms with Gasteiger partial charge < -0.3 is 9.80 Å². The van der Waals surface area contributed by atoms with Gasteiger partial charge in [-0.1, -0.05) is 13.3 Å². The van der Waals surface area contributed by atoms with Crippen LogP contribution in [0.1, 0.15) is 37.1 Å². The maximum atomic E-state index is 12.4. The molecular weight excluding hydrogens is 319 g/mol. The average molecular weight is 348 g/mol. The normalized spacial score (nSPS) is 19.1. The molecular formula is C18H29FN6. The Labute approximate surface area is 149 Å². The van der Waals surface area contributed by atoms with E-state index in [1.165, 1.54) is 17.3 Å². The smallest absolute Gasteiger partial charge is 0.220 e. The minimum atomic E-state index is -0.577. The lowest BCUT2D eigenvalue weighted by Gasteiger charge is -2.41. The molecule has 0 amide bonds. The Morgan fingerprint density at radius 2 is 2.08 bits per heavy atom. The first-order valence-corrected chi connectivity index (χ1v) is 8.93. The van der Waals surface area contributed by atoms with Crippen LogP contribution in [0.4, 0.5) is 10.2 Å². The molecule has 1 aromatic heterocycles. The van der Waals surface area contributed by atoms with Gasteiger partial charge in [0, 0.05) is 44.5 Å². The molecule has 0 bridgehead atoms. The lowest BCUT2D eigenvalue weighted by atomic mass is 10.0. The van der Waals surface area contributed by atoms with Crippen LogP contribution in [0.5, 0.6) is 0 Å². The number of aromatic nitrogens is 2. The van der Waals surface area contributed by atoms with Crippen molar-refractivity contribution in [3.8, 4) is 0 Å². The Morgan fingerprint density at radius 3 is 2.68 bits per heavy atom. The fourth-order valence-corrected chi connectivity index (χ4v) is 3.27. The van der Waals surface area contributed by atoms with Crippen molar-refractivity contribution < 1.29 is 4.39 Å². The number of nitrogens with zero attached hydrogens (tertiary/aromatic N) is 6. The molecule has 0 N–H and O–H groups in total. The van der Waals surface area contributed by atoms with E-state index < -0.39 is 6.67 Å². The third-order valence-corrected chi connectivity index (χ3v) is 4.72. The maximum Gasteiger partial charge on any atom is 0.220 e.